The molecule has 0 aliphatic carbocycles. The molecule has 1 aromatic carbocycles. The van der Waals surface area contributed by atoms with Crippen LogP contribution in [-0.2, 0) is 22.5 Å². The second-order valence-corrected chi connectivity index (χ2v) is 3.87. The van der Waals surface area contributed by atoms with Crippen LogP contribution in [0.25, 0.3) is 0 Å². The quantitative estimate of drug-likeness (QED) is 0.762. The van der Waals surface area contributed by atoms with Gasteiger partial charge in [0, 0.05) is 22.0 Å². The number of primary amides is 1. The lowest BCUT2D eigenvalue weighted by molar-refractivity contribution is -0.117. The van der Waals surface area contributed by atoms with E-state index in [1.54, 1.807) is 0 Å². The first-order valence-corrected chi connectivity index (χ1v) is 5.37. The molecule has 0 heterocycles. The molecule has 0 aliphatic heterocycles. The molecule has 0 aromatic heterocycles. The van der Waals surface area contributed by atoms with E-state index < -0.39 is 17.2 Å². The van der Waals surface area contributed by atoms with Gasteiger partial charge in [0.05, 0.1) is 6.42 Å². The van der Waals surface area contributed by atoms with Gasteiger partial charge >= 0.3 is 0 Å². The van der Waals surface area contributed by atoms with Gasteiger partial charge in [0.1, 0.15) is 0 Å². The molecule has 0 fully saturated rings. The third kappa shape index (κ3) is 3.86. The number of anilines is 1. The van der Waals surface area contributed by atoms with Gasteiger partial charge in [0.2, 0.25) is 5.91 Å². The van der Waals surface area contributed by atoms with Crippen molar-refractivity contribution in [3.05, 3.63) is 28.8 Å². The maximum absolute atomic E-state index is 10.7. The number of nitrogens with two attached hydrogens (primary N) is 1. The Morgan fingerprint density at radius 1 is 1.60 bits per heavy atom. The van der Waals surface area contributed by atoms with Crippen LogP contribution >= 0.6 is 11.6 Å². The number of rotatable bonds is 4. The van der Waals surface area contributed by atoms with Crippen molar-refractivity contribution < 1.29 is 13.6 Å². The molecule has 1 rings (SSSR count). The van der Waals surface area contributed by atoms with Crippen molar-refractivity contribution in [1.29, 1.82) is 0 Å². The summed E-state index contributed by atoms with van der Waals surface area (Å²) in [5.74, 6) is -0.530. The third-order valence-electron chi connectivity index (χ3n) is 1.61. The fourth-order valence-corrected chi connectivity index (χ4v) is 1.56. The maximum atomic E-state index is 10.7. The Morgan fingerprint density at radius 3 is 2.80 bits per heavy atom. The summed E-state index contributed by atoms with van der Waals surface area (Å²) in [7, 11) is 0. The van der Waals surface area contributed by atoms with Gasteiger partial charge in [0.25, 0.3) is 0 Å². The van der Waals surface area contributed by atoms with Gasteiger partial charge in [-0.15, -0.1) is 0 Å². The molecule has 0 saturated carbocycles. The van der Waals surface area contributed by atoms with E-state index in [0.717, 1.165) is 0 Å². The number of halogens is 1. The summed E-state index contributed by atoms with van der Waals surface area (Å²) in [6.45, 7) is 0. The Bertz CT molecular complexity index is 411. The summed E-state index contributed by atoms with van der Waals surface area (Å²) < 4.78 is 22.9. The van der Waals surface area contributed by atoms with Crippen LogP contribution in [0.3, 0.4) is 0 Å². The van der Waals surface area contributed by atoms with Crippen LogP contribution < -0.4 is 10.5 Å². The number of hydrogen-bond acceptors (Lipinski definition) is 3. The van der Waals surface area contributed by atoms with Crippen molar-refractivity contribution in [3.8, 4) is 0 Å². The van der Waals surface area contributed by atoms with Crippen LogP contribution in [0.1, 0.15) is 5.56 Å². The Morgan fingerprint density at radius 2 is 2.27 bits per heavy atom. The number of benzene rings is 1. The van der Waals surface area contributed by atoms with Crippen LogP contribution in [0.15, 0.2) is 18.2 Å². The molecule has 7 heteroatoms. The minimum atomic E-state index is -2.40. The molecule has 1 aromatic rings. The number of nitrogens with one attached hydrogen (secondary N) is 1. The lowest BCUT2D eigenvalue weighted by Crippen LogP contribution is -2.14. The Hall–Kier alpha value is -1.11. The van der Waals surface area contributed by atoms with Crippen LogP contribution in [0.2, 0.25) is 5.02 Å². The highest BCUT2D eigenvalue weighted by Crippen LogP contribution is 2.21. The van der Waals surface area contributed by atoms with E-state index in [2.05, 4.69) is 4.72 Å². The predicted octanol–water partition coefficient (Wildman–Crippen LogP) is 0.574. The summed E-state index contributed by atoms with van der Waals surface area (Å²) >= 11 is 3.38. The second kappa shape index (κ2) is 5.11. The summed E-state index contributed by atoms with van der Waals surface area (Å²) in [5, 5.41) is 0.371. The molecule has 3 N–H and O–H groups in total. The molecule has 1 unspecified atom stereocenters. The molecule has 0 spiro atoms. The normalized spacial score (nSPS) is 12.1. The zero-order valence-corrected chi connectivity index (χ0v) is 9.10. The van der Waals surface area contributed by atoms with Gasteiger partial charge in [-0.1, -0.05) is 11.6 Å². The summed E-state index contributed by atoms with van der Waals surface area (Å²) in [4.78, 5) is 10.7. The number of amides is 1. The van der Waals surface area contributed by atoms with Crippen LogP contribution in [0.5, 0.6) is 0 Å². The molecule has 0 radical (unpaired) electrons. The Kier molecular flexibility index (Phi) is 4.07. The Balaban J connectivity index is 2.94. The van der Waals surface area contributed by atoms with Crippen LogP contribution in [-0.4, -0.2) is 14.7 Å². The van der Waals surface area contributed by atoms with E-state index in [1.165, 1.54) is 18.2 Å². The topological polar surface area (TPSA) is 95.2 Å². The average molecular weight is 248 g/mol. The first-order valence-electron chi connectivity index (χ1n) is 3.91. The molecular weight excluding hydrogens is 240 g/mol. The van der Waals surface area contributed by atoms with E-state index in [1.807, 2.05) is 0 Å². The molecule has 82 valence electrons. The first kappa shape index (κ1) is 12.0. The van der Waals surface area contributed by atoms with E-state index >= 15 is 0 Å². The van der Waals surface area contributed by atoms with E-state index in [0.29, 0.717) is 16.3 Å². The third-order valence-corrected chi connectivity index (χ3v) is 2.38. The summed E-state index contributed by atoms with van der Waals surface area (Å²) in [5.41, 5.74) is 5.83. The lowest BCUT2D eigenvalue weighted by Gasteiger charge is -2.10. The first-order chi connectivity index (χ1) is 6.99. The minimum absolute atomic E-state index is 0.0279. The van der Waals surface area contributed by atoms with E-state index in [9.17, 15) is 13.6 Å². The fourth-order valence-electron chi connectivity index (χ4n) is 1.06. The SMILES string of the molecule is NC(=O)Cc1cc(NS(=O)[O-])ccc1Cl. The zero-order chi connectivity index (χ0) is 11.4. The summed E-state index contributed by atoms with van der Waals surface area (Å²) in [6, 6.07) is 4.44. The molecular formula is C8H8ClN2O3S-. The number of carbonyl (C=O) groups is 1. The van der Waals surface area contributed by atoms with Crippen molar-refractivity contribution in [3.63, 3.8) is 0 Å². The smallest absolute Gasteiger partial charge is 0.221 e. The number of hydrogen-bond donors (Lipinski definition) is 2. The Labute approximate surface area is 94.0 Å². The predicted molar refractivity (Wildman–Crippen MR) is 56.9 cm³/mol. The van der Waals surface area contributed by atoms with Crippen molar-refractivity contribution in [2.45, 2.75) is 6.42 Å². The largest absolute Gasteiger partial charge is 0.755 e. The summed E-state index contributed by atoms with van der Waals surface area (Å²) in [6.07, 6.45) is -0.0279. The second-order valence-electron chi connectivity index (χ2n) is 2.79. The van der Waals surface area contributed by atoms with Gasteiger partial charge in [-0.25, -0.2) is 0 Å². The molecule has 1 atom stereocenters. The fraction of sp³-hybridized carbons (Fsp3) is 0.125. The van der Waals surface area contributed by atoms with Crippen molar-refractivity contribution >= 4 is 34.5 Å². The van der Waals surface area contributed by atoms with E-state index in [-0.39, 0.29) is 6.42 Å². The van der Waals surface area contributed by atoms with Gasteiger partial charge < -0.3 is 15.0 Å². The monoisotopic (exact) mass is 247 g/mol. The molecule has 5 nitrogen and oxygen atoms in total. The van der Waals surface area contributed by atoms with Crippen molar-refractivity contribution in [1.82, 2.24) is 0 Å². The molecule has 0 aliphatic rings. The van der Waals surface area contributed by atoms with Gasteiger partial charge in [-0.2, -0.15) is 0 Å². The van der Waals surface area contributed by atoms with Gasteiger partial charge in [0.15, 0.2) is 0 Å². The van der Waals surface area contributed by atoms with Gasteiger partial charge in [-0.3, -0.25) is 9.00 Å². The maximum Gasteiger partial charge on any atom is 0.221 e. The molecule has 0 saturated heterocycles. The zero-order valence-electron chi connectivity index (χ0n) is 7.53. The molecule has 0 bridgehead atoms. The highest BCUT2D eigenvalue weighted by molar-refractivity contribution is 7.80. The lowest BCUT2D eigenvalue weighted by atomic mass is 10.1. The number of carbonyl (C=O) groups excluding carboxylic acids is 1. The van der Waals surface area contributed by atoms with Crippen LogP contribution in [0.4, 0.5) is 5.69 Å². The average Bonchev–Trinajstić information content (AvgIpc) is 2.09. The highest BCUT2D eigenvalue weighted by Gasteiger charge is 2.05. The molecule has 15 heavy (non-hydrogen) atoms. The highest BCUT2D eigenvalue weighted by atomic mass is 35.5. The van der Waals surface area contributed by atoms with Crippen molar-refractivity contribution in [2.24, 2.45) is 5.73 Å². The van der Waals surface area contributed by atoms with Gasteiger partial charge in [-0.05, 0) is 23.8 Å². The van der Waals surface area contributed by atoms with Crippen molar-refractivity contribution in [2.75, 3.05) is 4.72 Å². The molecule has 1 amide bonds. The minimum Gasteiger partial charge on any atom is -0.755 e. The standard InChI is InChI=1S/C8H9ClN2O3S/c9-7-2-1-6(11-15(13)14)3-5(7)4-8(10)12/h1-3,11H,4H2,(H2,10,12)(H,13,14)/p-1. The van der Waals surface area contributed by atoms with E-state index in [4.69, 9.17) is 17.3 Å². The van der Waals surface area contributed by atoms with Crippen LogP contribution in [0, 0.1) is 0 Å².